The van der Waals surface area contributed by atoms with Crippen molar-refractivity contribution in [1.29, 1.82) is 0 Å². The highest BCUT2D eigenvalue weighted by atomic mass is 16.2. The number of hydrogen-bond acceptors (Lipinski definition) is 5. The fourth-order valence-corrected chi connectivity index (χ4v) is 2.42. The molecule has 0 saturated carbocycles. The molecule has 26 heavy (non-hydrogen) atoms. The number of pyridine rings is 2. The molecule has 0 unspecified atom stereocenters. The van der Waals surface area contributed by atoms with Gasteiger partial charge in [-0.05, 0) is 25.1 Å². The van der Waals surface area contributed by atoms with E-state index in [0.717, 1.165) is 0 Å². The fourth-order valence-electron chi connectivity index (χ4n) is 2.42. The molecule has 3 aromatic rings. The van der Waals surface area contributed by atoms with Gasteiger partial charge < -0.3 is 15.6 Å². The van der Waals surface area contributed by atoms with Crippen LogP contribution in [0.3, 0.4) is 0 Å². The molecule has 134 valence electrons. The van der Waals surface area contributed by atoms with E-state index in [2.05, 4.69) is 30.8 Å². The molecule has 0 aliphatic carbocycles. The van der Waals surface area contributed by atoms with E-state index in [9.17, 15) is 14.4 Å². The number of H-pyrrole nitrogens is 2. The molecule has 1 atom stereocenters. The first-order valence-electron chi connectivity index (χ1n) is 8.07. The van der Waals surface area contributed by atoms with Crippen LogP contribution >= 0.6 is 0 Å². The smallest absolute Gasteiger partial charge is 0.274 e. The Balaban J connectivity index is 1.56. The summed E-state index contributed by atoms with van der Waals surface area (Å²) in [6.07, 6.45) is 3.29. The highest BCUT2D eigenvalue weighted by Gasteiger charge is 2.13. The average molecular weight is 354 g/mol. The number of nitrogens with zero attached hydrogens (tertiary/aromatic N) is 2. The molecule has 2 amide bonds. The van der Waals surface area contributed by atoms with Crippen LogP contribution in [0.5, 0.6) is 0 Å². The van der Waals surface area contributed by atoms with Crippen molar-refractivity contribution in [2.24, 2.45) is 0 Å². The van der Waals surface area contributed by atoms with Crippen LogP contribution in [0.1, 0.15) is 23.1 Å². The van der Waals surface area contributed by atoms with Gasteiger partial charge in [0.05, 0.1) is 6.42 Å². The number of aromatic amines is 2. The Morgan fingerprint density at radius 1 is 1.23 bits per heavy atom. The molecule has 0 aromatic carbocycles. The highest BCUT2D eigenvalue weighted by molar-refractivity contribution is 5.94. The van der Waals surface area contributed by atoms with E-state index in [4.69, 9.17) is 0 Å². The summed E-state index contributed by atoms with van der Waals surface area (Å²) < 4.78 is 0. The normalized spacial score (nSPS) is 11.9. The summed E-state index contributed by atoms with van der Waals surface area (Å²) in [7, 11) is 0. The van der Waals surface area contributed by atoms with Crippen LogP contribution in [-0.4, -0.2) is 44.6 Å². The van der Waals surface area contributed by atoms with Crippen LogP contribution in [0.25, 0.3) is 10.9 Å². The van der Waals surface area contributed by atoms with E-state index in [0.29, 0.717) is 11.1 Å². The van der Waals surface area contributed by atoms with Gasteiger partial charge in [-0.2, -0.15) is 5.10 Å². The van der Waals surface area contributed by atoms with Crippen LogP contribution in [0.2, 0.25) is 0 Å². The van der Waals surface area contributed by atoms with Gasteiger partial charge in [0, 0.05) is 36.1 Å². The van der Waals surface area contributed by atoms with E-state index in [1.807, 2.05) is 0 Å². The van der Waals surface area contributed by atoms with E-state index >= 15 is 0 Å². The van der Waals surface area contributed by atoms with Crippen molar-refractivity contribution < 1.29 is 9.59 Å². The lowest BCUT2D eigenvalue weighted by Crippen LogP contribution is -2.42. The number of carbonyl (C=O) groups excluding carboxylic acids is 2. The number of fused-ring (bicyclic) bond motifs is 1. The molecule has 0 aliphatic rings. The minimum Gasteiger partial charge on any atom is -0.354 e. The number of aromatic nitrogens is 4. The van der Waals surface area contributed by atoms with E-state index in [-0.39, 0.29) is 41.7 Å². The second kappa shape index (κ2) is 7.60. The third-order valence-corrected chi connectivity index (χ3v) is 3.74. The summed E-state index contributed by atoms with van der Waals surface area (Å²) >= 11 is 0. The van der Waals surface area contributed by atoms with E-state index in [1.165, 1.54) is 6.20 Å². The second-order valence-corrected chi connectivity index (χ2v) is 5.88. The monoisotopic (exact) mass is 354 g/mol. The number of rotatable bonds is 6. The van der Waals surface area contributed by atoms with Crippen LogP contribution < -0.4 is 16.2 Å². The Hall–Kier alpha value is -3.49. The largest absolute Gasteiger partial charge is 0.354 e. The number of carbonyl (C=O) groups is 2. The van der Waals surface area contributed by atoms with Crippen molar-refractivity contribution in [3.63, 3.8) is 0 Å². The molecule has 3 rings (SSSR count). The standard InChI is InChI=1S/C17H18N6O3/c1-10(9-19-14(24)8-12-5-7-20-23-12)21-16(25)13-3-2-11-4-6-18-17(26)15(11)22-13/h2-7,10H,8-9H2,1H3,(H,18,26)(H,19,24)(H,20,23)(H,21,25)/t10-/m0/s1. The van der Waals surface area contributed by atoms with Gasteiger partial charge in [-0.15, -0.1) is 0 Å². The lowest BCUT2D eigenvalue weighted by atomic mass is 10.2. The molecule has 0 saturated heterocycles. The molecule has 0 bridgehead atoms. The first kappa shape index (κ1) is 17.3. The van der Waals surface area contributed by atoms with Crippen molar-refractivity contribution >= 4 is 22.7 Å². The zero-order valence-electron chi connectivity index (χ0n) is 14.1. The van der Waals surface area contributed by atoms with E-state index in [1.54, 1.807) is 37.4 Å². The second-order valence-electron chi connectivity index (χ2n) is 5.88. The van der Waals surface area contributed by atoms with Crippen LogP contribution in [-0.2, 0) is 11.2 Å². The maximum atomic E-state index is 12.3. The summed E-state index contributed by atoms with van der Waals surface area (Å²) in [5, 5.41) is 12.6. The molecular formula is C17H18N6O3. The van der Waals surface area contributed by atoms with Gasteiger partial charge in [-0.1, -0.05) is 6.07 Å². The topological polar surface area (TPSA) is 133 Å². The molecule has 3 heterocycles. The van der Waals surface area contributed by atoms with Gasteiger partial charge in [0.2, 0.25) is 5.91 Å². The Bertz CT molecular complexity index is 980. The van der Waals surface area contributed by atoms with Gasteiger partial charge in [-0.25, -0.2) is 4.98 Å². The average Bonchev–Trinajstić information content (AvgIpc) is 3.13. The zero-order valence-corrected chi connectivity index (χ0v) is 14.1. The third-order valence-electron chi connectivity index (χ3n) is 3.74. The summed E-state index contributed by atoms with van der Waals surface area (Å²) in [6.45, 7) is 2.04. The molecular weight excluding hydrogens is 336 g/mol. The molecule has 9 nitrogen and oxygen atoms in total. The molecule has 0 aliphatic heterocycles. The zero-order chi connectivity index (χ0) is 18.5. The summed E-state index contributed by atoms with van der Waals surface area (Å²) in [5.74, 6) is -0.587. The Morgan fingerprint density at radius 2 is 2.08 bits per heavy atom. The lowest BCUT2D eigenvalue weighted by Gasteiger charge is -2.14. The maximum Gasteiger partial charge on any atom is 0.274 e. The highest BCUT2D eigenvalue weighted by Crippen LogP contribution is 2.07. The maximum absolute atomic E-state index is 12.3. The van der Waals surface area contributed by atoms with Crippen LogP contribution in [0.4, 0.5) is 0 Å². The first-order chi connectivity index (χ1) is 12.5. The van der Waals surface area contributed by atoms with Gasteiger partial charge in [0.1, 0.15) is 11.2 Å². The predicted molar refractivity (Wildman–Crippen MR) is 94.6 cm³/mol. The third kappa shape index (κ3) is 4.12. The quantitative estimate of drug-likeness (QED) is 0.499. The molecule has 0 spiro atoms. The lowest BCUT2D eigenvalue weighted by molar-refractivity contribution is -0.120. The van der Waals surface area contributed by atoms with Gasteiger partial charge in [0.25, 0.3) is 11.5 Å². The molecule has 0 fully saturated rings. The minimum atomic E-state index is -0.412. The molecule has 9 heteroatoms. The van der Waals surface area contributed by atoms with Gasteiger partial charge in [-0.3, -0.25) is 19.5 Å². The summed E-state index contributed by atoms with van der Waals surface area (Å²) in [5.41, 5.74) is 0.714. The van der Waals surface area contributed by atoms with Crippen molar-refractivity contribution in [3.8, 4) is 0 Å². The van der Waals surface area contributed by atoms with Gasteiger partial charge in [0.15, 0.2) is 0 Å². The van der Waals surface area contributed by atoms with Crippen molar-refractivity contribution in [2.45, 2.75) is 19.4 Å². The molecule has 4 N–H and O–H groups in total. The predicted octanol–water partition coefficient (Wildman–Crippen LogP) is 0.123. The Labute approximate surface area is 148 Å². The van der Waals surface area contributed by atoms with Gasteiger partial charge >= 0.3 is 0 Å². The Morgan fingerprint density at radius 3 is 2.85 bits per heavy atom. The summed E-state index contributed by atoms with van der Waals surface area (Å²) in [6, 6.07) is 6.35. The fraction of sp³-hybridized carbons (Fsp3) is 0.235. The molecule has 3 aromatic heterocycles. The van der Waals surface area contributed by atoms with Crippen molar-refractivity contribution in [3.05, 3.63) is 58.4 Å². The first-order valence-corrected chi connectivity index (χ1v) is 8.07. The van der Waals surface area contributed by atoms with Crippen LogP contribution in [0, 0.1) is 0 Å². The minimum absolute atomic E-state index is 0.143. The van der Waals surface area contributed by atoms with Crippen molar-refractivity contribution in [2.75, 3.05) is 6.54 Å². The van der Waals surface area contributed by atoms with E-state index < -0.39 is 5.91 Å². The summed E-state index contributed by atoms with van der Waals surface area (Å²) in [4.78, 5) is 42.6. The SMILES string of the molecule is C[C@@H](CNC(=O)Cc1ccn[nH]1)NC(=O)c1ccc2cc[nH]c(=O)c2n1. The molecule has 0 radical (unpaired) electrons. The number of hydrogen-bond donors (Lipinski definition) is 4. The Kier molecular flexibility index (Phi) is 5.07. The van der Waals surface area contributed by atoms with Crippen LogP contribution in [0.15, 0.2) is 41.5 Å². The van der Waals surface area contributed by atoms with Crippen molar-refractivity contribution in [1.82, 2.24) is 30.8 Å². The number of amides is 2. The number of nitrogens with one attached hydrogen (secondary N) is 4.